The van der Waals surface area contributed by atoms with E-state index in [1.54, 1.807) is 0 Å². The number of nitrogens with one attached hydrogen (secondary N) is 1. The number of hydrogen-bond acceptors (Lipinski definition) is 3. The van der Waals surface area contributed by atoms with Crippen LogP contribution in [0.1, 0.15) is 39.5 Å². The van der Waals surface area contributed by atoms with Gasteiger partial charge in [-0.15, -0.1) is 0 Å². The molecule has 1 aliphatic heterocycles. The first-order chi connectivity index (χ1) is 8.94. The molecule has 2 unspecified atom stereocenters. The number of rotatable bonds is 4. The van der Waals surface area contributed by atoms with Crippen molar-refractivity contribution in [3.05, 3.63) is 0 Å². The van der Waals surface area contributed by atoms with Gasteiger partial charge in [0, 0.05) is 18.6 Å². The minimum absolute atomic E-state index is 0.458. The van der Waals surface area contributed by atoms with E-state index in [2.05, 4.69) is 50.1 Å². The predicted molar refractivity (Wildman–Crippen MR) is 82.5 cm³/mol. The summed E-state index contributed by atoms with van der Waals surface area (Å²) in [6.07, 6.45) is 5.49. The lowest BCUT2D eigenvalue weighted by Crippen LogP contribution is -2.53. The number of hydrogen-bond donors (Lipinski definition) is 1. The van der Waals surface area contributed by atoms with Crippen LogP contribution in [-0.2, 0) is 0 Å². The molecule has 1 saturated carbocycles. The third-order valence-corrected chi connectivity index (χ3v) is 5.36. The van der Waals surface area contributed by atoms with Crippen molar-refractivity contribution < 1.29 is 0 Å². The molecule has 0 spiro atoms. The molecule has 2 rings (SSSR count). The van der Waals surface area contributed by atoms with Gasteiger partial charge in [0.05, 0.1) is 0 Å². The van der Waals surface area contributed by atoms with E-state index >= 15 is 0 Å². The molecule has 2 aliphatic rings. The van der Waals surface area contributed by atoms with Gasteiger partial charge in [-0.25, -0.2) is 0 Å². The average Bonchev–Trinajstić information content (AvgIpc) is 2.64. The third-order valence-electron chi connectivity index (χ3n) is 5.36. The van der Waals surface area contributed by atoms with Crippen LogP contribution in [0.3, 0.4) is 0 Å². The maximum atomic E-state index is 3.60. The van der Waals surface area contributed by atoms with Crippen LogP contribution in [-0.4, -0.2) is 62.7 Å². The highest BCUT2D eigenvalue weighted by molar-refractivity contribution is 5.01. The molecule has 2 atom stereocenters. The molecule has 1 heterocycles. The molecular weight excluding hydrogens is 234 g/mol. The molecule has 0 aromatic rings. The van der Waals surface area contributed by atoms with Gasteiger partial charge in [0.1, 0.15) is 0 Å². The summed E-state index contributed by atoms with van der Waals surface area (Å²) >= 11 is 0. The normalized spacial score (nSPS) is 33.2. The number of likely N-dealkylation sites (N-methyl/N-ethyl adjacent to an activating group) is 1. The maximum absolute atomic E-state index is 3.60. The molecule has 0 bridgehead atoms. The lowest BCUT2D eigenvalue weighted by molar-refractivity contribution is 0.0962. The van der Waals surface area contributed by atoms with E-state index in [1.165, 1.54) is 45.3 Å². The largest absolute Gasteiger partial charge is 0.315 e. The number of piperidine rings is 1. The monoisotopic (exact) mass is 267 g/mol. The first-order valence-electron chi connectivity index (χ1n) is 8.00. The van der Waals surface area contributed by atoms with Crippen molar-refractivity contribution in [2.24, 2.45) is 11.3 Å². The van der Waals surface area contributed by atoms with E-state index in [4.69, 9.17) is 0 Å². The van der Waals surface area contributed by atoms with Gasteiger partial charge in [0.15, 0.2) is 0 Å². The van der Waals surface area contributed by atoms with Crippen LogP contribution in [0.25, 0.3) is 0 Å². The van der Waals surface area contributed by atoms with Crippen LogP contribution in [0.2, 0.25) is 0 Å². The van der Waals surface area contributed by atoms with Gasteiger partial charge in [-0.2, -0.15) is 0 Å². The van der Waals surface area contributed by atoms with E-state index in [0.29, 0.717) is 11.5 Å². The van der Waals surface area contributed by atoms with E-state index in [9.17, 15) is 0 Å². The van der Waals surface area contributed by atoms with Crippen molar-refractivity contribution in [2.75, 3.05) is 40.8 Å². The summed E-state index contributed by atoms with van der Waals surface area (Å²) in [6.45, 7) is 8.72. The van der Waals surface area contributed by atoms with Crippen molar-refractivity contribution in [3.63, 3.8) is 0 Å². The summed E-state index contributed by atoms with van der Waals surface area (Å²) in [7, 11) is 6.54. The minimum Gasteiger partial charge on any atom is -0.315 e. The van der Waals surface area contributed by atoms with Gasteiger partial charge < -0.3 is 10.2 Å². The van der Waals surface area contributed by atoms with Gasteiger partial charge in [-0.3, -0.25) is 4.90 Å². The molecule has 112 valence electrons. The topological polar surface area (TPSA) is 18.5 Å². The first-order valence-corrected chi connectivity index (χ1v) is 8.00. The molecule has 1 saturated heterocycles. The predicted octanol–water partition coefficient (Wildman–Crippen LogP) is 2.04. The van der Waals surface area contributed by atoms with E-state index in [0.717, 1.165) is 12.0 Å². The Labute approximate surface area is 119 Å². The molecule has 1 N–H and O–H groups in total. The lowest BCUT2D eigenvalue weighted by atomic mass is 9.86. The SMILES string of the molecule is CNC1C(N2CCC(CN(C)C)CC2)CCC1(C)C. The molecule has 0 amide bonds. The molecule has 3 nitrogen and oxygen atoms in total. The van der Waals surface area contributed by atoms with Crippen molar-refractivity contribution in [1.82, 2.24) is 15.1 Å². The number of nitrogens with zero attached hydrogens (tertiary/aromatic N) is 2. The zero-order valence-electron chi connectivity index (χ0n) is 13.6. The fraction of sp³-hybridized carbons (Fsp3) is 1.00. The summed E-state index contributed by atoms with van der Waals surface area (Å²) in [6, 6.07) is 1.43. The van der Waals surface area contributed by atoms with Crippen LogP contribution >= 0.6 is 0 Å². The fourth-order valence-corrected chi connectivity index (χ4v) is 4.32. The van der Waals surface area contributed by atoms with Gasteiger partial charge >= 0.3 is 0 Å². The molecule has 0 aromatic carbocycles. The van der Waals surface area contributed by atoms with Crippen molar-refractivity contribution in [1.29, 1.82) is 0 Å². The highest BCUT2D eigenvalue weighted by Gasteiger charge is 2.43. The zero-order valence-corrected chi connectivity index (χ0v) is 13.6. The zero-order chi connectivity index (χ0) is 14.0. The summed E-state index contributed by atoms with van der Waals surface area (Å²) in [5.41, 5.74) is 0.458. The second-order valence-electron chi connectivity index (χ2n) is 7.60. The smallest absolute Gasteiger partial charge is 0.0271 e. The summed E-state index contributed by atoms with van der Waals surface area (Å²) in [4.78, 5) is 5.11. The Bertz CT molecular complexity index is 280. The molecule has 19 heavy (non-hydrogen) atoms. The molecule has 1 aliphatic carbocycles. The van der Waals surface area contributed by atoms with Crippen LogP contribution in [0.4, 0.5) is 0 Å². The first kappa shape index (κ1) is 15.3. The Balaban J connectivity index is 1.88. The highest BCUT2D eigenvalue weighted by Crippen LogP contribution is 2.40. The maximum Gasteiger partial charge on any atom is 0.0271 e. The minimum atomic E-state index is 0.458. The van der Waals surface area contributed by atoms with Crippen LogP contribution in [0.5, 0.6) is 0 Å². The summed E-state index contributed by atoms with van der Waals surface area (Å²) in [5, 5.41) is 3.60. The lowest BCUT2D eigenvalue weighted by Gasteiger charge is -2.41. The van der Waals surface area contributed by atoms with Gasteiger partial charge in [-0.05, 0) is 71.2 Å². The van der Waals surface area contributed by atoms with Crippen molar-refractivity contribution in [3.8, 4) is 0 Å². The molecule has 0 radical (unpaired) electrons. The standard InChI is InChI=1S/C16H33N3/c1-16(2)9-6-14(15(16)17-3)19-10-7-13(8-11-19)12-18(4)5/h13-15,17H,6-12H2,1-5H3. The van der Waals surface area contributed by atoms with E-state index in [-0.39, 0.29) is 0 Å². The van der Waals surface area contributed by atoms with E-state index in [1.807, 2.05) is 0 Å². The van der Waals surface area contributed by atoms with Crippen LogP contribution in [0, 0.1) is 11.3 Å². The van der Waals surface area contributed by atoms with Crippen LogP contribution < -0.4 is 5.32 Å². The van der Waals surface area contributed by atoms with Gasteiger partial charge in [-0.1, -0.05) is 13.8 Å². The average molecular weight is 267 g/mol. The highest BCUT2D eigenvalue weighted by atomic mass is 15.2. The van der Waals surface area contributed by atoms with Crippen molar-refractivity contribution >= 4 is 0 Å². The van der Waals surface area contributed by atoms with Gasteiger partial charge in [0.25, 0.3) is 0 Å². The Morgan fingerprint density at radius 1 is 1.16 bits per heavy atom. The quantitative estimate of drug-likeness (QED) is 0.841. The Hall–Kier alpha value is -0.120. The Kier molecular flexibility index (Phi) is 4.91. The summed E-state index contributed by atoms with van der Waals surface area (Å²) < 4.78 is 0. The third kappa shape index (κ3) is 3.50. The van der Waals surface area contributed by atoms with E-state index < -0.39 is 0 Å². The summed E-state index contributed by atoms with van der Waals surface area (Å²) in [5.74, 6) is 0.911. The number of likely N-dealkylation sites (tertiary alicyclic amines) is 1. The van der Waals surface area contributed by atoms with Crippen LogP contribution in [0.15, 0.2) is 0 Å². The molecule has 3 heteroatoms. The fourth-order valence-electron chi connectivity index (χ4n) is 4.32. The molecule has 2 fully saturated rings. The molecular formula is C16H33N3. The Morgan fingerprint density at radius 3 is 2.32 bits per heavy atom. The second kappa shape index (κ2) is 6.11. The Morgan fingerprint density at radius 2 is 1.79 bits per heavy atom. The van der Waals surface area contributed by atoms with Gasteiger partial charge in [0.2, 0.25) is 0 Å². The van der Waals surface area contributed by atoms with Crippen molar-refractivity contribution in [2.45, 2.75) is 51.6 Å². The molecule has 0 aromatic heterocycles. The second-order valence-corrected chi connectivity index (χ2v) is 7.60.